The molecule has 3 heterocycles. The first-order valence-electron chi connectivity index (χ1n) is 9.40. The molecule has 30 heavy (non-hydrogen) atoms. The van der Waals surface area contributed by atoms with E-state index < -0.39 is 0 Å². The molecule has 0 bridgehead atoms. The van der Waals surface area contributed by atoms with E-state index in [1.807, 2.05) is 54.0 Å². The molecular weight excluding hydrogens is 390 g/mol. The van der Waals surface area contributed by atoms with Gasteiger partial charge in [-0.2, -0.15) is 0 Å². The number of rotatable bonds is 4. The summed E-state index contributed by atoms with van der Waals surface area (Å²) in [6.45, 7) is 2.07. The molecule has 3 aromatic heterocycles. The lowest BCUT2D eigenvalue weighted by Gasteiger charge is -2.06. The van der Waals surface area contributed by atoms with Crippen LogP contribution in [0.3, 0.4) is 0 Å². The molecule has 0 fully saturated rings. The second-order valence-corrected chi connectivity index (χ2v) is 7.76. The minimum atomic E-state index is 0.798. The molecule has 2 N–H and O–H groups in total. The van der Waals surface area contributed by atoms with E-state index in [0.717, 1.165) is 55.6 Å². The van der Waals surface area contributed by atoms with E-state index in [9.17, 15) is 0 Å². The van der Waals surface area contributed by atoms with Gasteiger partial charge in [0.05, 0.1) is 16.7 Å². The third-order valence-corrected chi connectivity index (χ3v) is 5.59. The molecule has 0 amide bonds. The number of H-pyrrole nitrogens is 1. The van der Waals surface area contributed by atoms with E-state index in [-0.39, 0.29) is 0 Å². The first-order chi connectivity index (χ1) is 14.7. The average Bonchev–Trinajstić information content (AvgIpc) is 3.42. The van der Waals surface area contributed by atoms with Crippen molar-refractivity contribution >= 4 is 33.2 Å². The summed E-state index contributed by atoms with van der Waals surface area (Å²) in [5.41, 5.74) is 7.65. The normalized spacial score (nSPS) is 10.8. The second-order valence-electron chi connectivity index (χ2n) is 6.90. The molecule has 0 aliphatic carbocycles. The van der Waals surface area contributed by atoms with Crippen molar-refractivity contribution in [2.45, 2.75) is 6.92 Å². The van der Waals surface area contributed by atoms with Crippen molar-refractivity contribution < 1.29 is 0 Å². The van der Waals surface area contributed by atoms with Gasteiger partial charge in [0, 0.05) is 40.2 Å². The average molecular weight is 408 g/mol. The van der Waals surface area contributed by atoms with Crippen molar-refractivity contribution in [2.24, 2.45) is 0 Å². The van der Waals surface area contributed by atoms with Crippen LogP contribution < -0.4 is 5.32 Å². The Balaban J connectivity index is 1.46. The summed E-state index contributed by atoms with van der Waals surface area (Å²) in [5.74, 6) is 3.47. The molecule has 0 aliphatic rings. The lowest BCUT2D eigenvalue weighted by atomic mass is 10.1. The van der Waals surface area contributed by atoms with Crippen molar-refractivity contribution in [3.05, 3.63) is 77.4 Å². The van der Waals surface area contributed by atoms with E-state index in [2.05, 4.69) is 39.2 Å². The van der Waals surface area contributed by atoms with E-state index >= 15 is 0 Å². The van der Waals surface area contributed by atoms with Gasteiger partial charge in [0.15, 0.2) is 5.13 Å². The molecule has 5 rings (SSSR count). The number of aromatic nitrogens is 4. The zero-order valence-electron chi connectivity index (χ0n) is 16.2. The highest BCUT2D eigenvalue weighted by molar-refractivity contribution is 7.14. The Morgan fingerprint density at radius 1 is 1.07 bits per heavy atom. The van der Waals surface area contributed by atoms with Gasteiger partial charge in [-0.15, -0.1) is 17.8 Å². The maximum absolute atomic E-state index is 5.53. The Bertz CT molecular complexity index is 1390. The van der Waals surface area contributed by atoms with Crippen LogP contribution in [0.1, 0.15) is 11.1 Å². The van der Waals surface area contributed by atoms with E-state index in [1.165, 1.54) is 0 Å². The summed E-state index contributed by atoms with van der Waals surface area (Å²) in [6.07, 6.45) is 9.10. The SMILES string of the molecule is C#Cc1cccc(-c2nc3cc(Nc4nc(-c5cccnc5)cs4)c(C)cc3[nH]2)c1. The summed E-state index contributed by atoms with van der Waals surface area (Å²) in [7, 11) is 0. The summed E-state index contributed by atoms with van der Waals surface area (Å²) in [6, 6.07) is 15.9. The van der Waals surface area contributed by atoms with Crippen LogP contribution >= 0.6 is 11.3 Å². The van der Waals surface area contributed by atoms with Crippen molar-refractivity contribution in [2.75, 3.05) is 5.32 Å². The number of aryl methyl sites for hydroxylation is 1. The Kier molecular flexibility index (Phi) is 4.51. The quantitative estimate of drug-likeness (QED) is 0.371. The van der Waals surface area contributed by atoms with Crippen LogP contribution in [-0.4, -0.2) is 19.9 Å². The van der Waals surface area contributed by atoms with Crippen LogP contribution in [0.25, 0.3) is 33.7 Å². The number of fused-ring (bicyclic) bond motifs is 1. The summed E-state index contributed by atoms with van der Waals surface area (Å²) in [5, 5.41) is 6.28. The first-order valence-corrected chi connectivity index (χ1v) is 10.3. The van der Waals surface area contributed by atoms with Crippen molar-refractivity contribution in [1.82, 2.24) is 19.9 Å². The Morgan fingerprint density at radius 3 is 2.80 bits per heavy atom. The molecule has 5 nitrogen and oxygen atoms in total. The van der Waals surface area contributed by atoms with Crippen LogP contribution in [0.2, 0.25) is 0 Å². The fourth-order valence-corrected chi connectivity index (χ4v) is 4.02. The van der Waals surface area contributed by atoms with Crippen molar-refractivity contribution in [3.8, 4) is 35.0 Å². The molecule has 2 aromatic carbocycles. The van der Waals surface area contributed by atoms with Crippen molar-refractivity contribution in [3.63, 3.8) is 0 Å². The largest absolute Gasteiger partial charge is 0.338 e. The fourth-order valence-electron chi connectivity index (χ4n) is 3.29. The lowest BCUT2D eigenvalue weighted by Crippen LogP contribution is -1.93. The molecular formula is C24H17N5S. The number of hydrogen-bond acceptors (Lipinski definition) is 5. The van der Waals surface area contributed by atoms with Gasteiger partial charge in [-0.05, 0) is 48.9 Å². The predicted molar refractivity (Wildman–Crippen MR) is 123 cm³/mol. The van der Waals surface area contributed by atoms with Gasteiger partial charge in [0.25, 0.3) is 0 Å². The van der Waals surface area contributed by atoms with Crippen LogP contribution in [-0.2, 0) is 0 Å². The lowest BCUT2D eigenvalue weighted by molar-refractivity contribution is 1.30. The van der Waals surface area contributed by atoms with E-state index in [4.69, 9.17) is 11.4 Å². The van der Waals surface area contributed by atoms with Gasteiger partial charge in [-0.3, -0.25) is 4.98 Å². The van der Waals surface area contributed by atoms with Gasteiger partial charge in [0.2, 0.25) is 0 Å². The number of nitrogens with one attached hydrogen (secondary N) is 2. The molecule has 0 aliphatic heterocycles. The van der Waals surface area contributed by atoms with Gasteiger partial charge in [-0.25, -0.2) is 9.97 Å². The molecule has 0 saturated carbocycles. The molecule has 0 spiro atoms. The maximum Gasteiger partial charge on any atom is 0.187 e. The van der Waals surface area contributed by atoms with E-state index in [1.54, 1.807) is 17.5 Å². The number of imidazole rings is 1. The third-order valence-electron chi connectivity index (χ3n) is 4.83. The monoisotopic (exact) mass is 407 g/mol. The number of benzene rings is 2. The number of pyridine rings is 1. The molecule has 0 atom stereocenters. The minimum Gasteiger partial charge on any atom is -0.338 e. The summed E-state index contributed by atoms with van der Waals surface area (Å²) < 4.78 is 0. The number of anilines is 2. The standard InChI is InChI=1S/C24H17N5S/c1-3-16-6-4-7-17(11-16)23-26-20-10-15(2)19(12-21(20)27-23)28-24-29-22(14-30-24)18-8-5-9-25-13-18/h1,4-14H,2H3,(H,26,27)(H,28,29). The van der Waals surface area contributed by atoms with Gasteiger partial charge in [0.1, 0.15) is 5.82 Å². The third kappa shape index (κ3) is 3.43. The fraction of sp³-hybridized carbons (Fsp3) is 0.0417. The molecule has 5 aromatic rings. The topological polar surface area (TPSA) is 66.5 Å². The summed E-state index contributed by atoms with van der Waals surface area (Å²) >= 11 is 1.56. The van der Waals surface area contributed by atoms with Crippen molar-refractivity contribution in [1.29, 1.82) is 0 Å². The molecule has 0 unspecified atom stereocenters. The molecule has 6 heteroatoms. The smallest absolute Gasteiger partial charge is 0.187 e. The minimum absolute atomic E-state index is 0.798. The zero-order chi connectivity index (χ0) is 20.5. The number of nitrogens with zero attached hydrogens (tertiary/aromatic N) is 3. The highest BCUT2D eigenvalue weighted by atomic mass is 32.1. The van der Waals surface area contributed by atoms with Crippen LogP contribution in [0, 0.1) is 19.3 Å². The molecule has 144 valence electrons. The summed E-state index contributed by atoms with van der Waals surface area (Å²) in [4.78, 5) is 17.0. The zero-order valence-corrected chi connectivity index (χ0v) is 17.0. The molecule has 0 radical (unpaired) electrons. The number of terminal acetylenes is 1. The Morgan fingerprint density at radius 2 is 1.97 bits per heavy atom. The second kappa shape index (κ2) is 7.47. The Hall–Kier alpha value is -3.95. The van der Waals surface area contributed by atoms with E-state index in [0.29, 0.717) is 0 Å². The van der Waals surface area contributed by atoms with Crippen LogP contribution in [0.15, 0.2) is 66.3 Å². The van der Waals surface area contributed by atoms with Gasteiger partial charge in [-0.1, -0.05) is 18.1 Å². The number of thiazole rings is 1. The van der Waals surface area contributed by atoms with Crippen LogP contribution in [0.4, 0.5) is 10.8 Å². The number of hydrogen-bond donors (Lipinski definition) is 2. The highest BCUT2D eigenvalue weighted by Gasteiger charge is 2.11. The predicted octanol–water partition coefficient (Wildman–Crippen LogP) is 5.78. The van der Waals surface area contributed by atoms with Crippen LogP contribution in [0.5, 0.6) is 0 Å². The maximum atomic E-state index is 5.53. The van der Waals surface area contributed by atoms with Gasteiger partial charge >= 0.3 is 0 Å². The highest BCUT2D eigenvalue weighted by Crippen LogP contribution is 2.31. The van der Waals surface area contributed by atoms with Gasteiger partial charge < -0.3 is 10.3 Å². The Labute approximate surface area is 177 Å². The first kappa shape index (κ1) is 18.1. The molecule has 0 saturated heterocycles. The number of aromatic amines is 1.